The summed E-state index contributed by atoms with van der Waals surface area (Å²) in [5.74, 6) is -1.62. The largest absolute Gasteiger partial charge is 0.480 e. The van der Waals surface area contributed by atoms with Crippen molar-refractivity contribution in [3.63, 3.8) is 0 Å². The standard InChI is InChI=1S/C11H11FN4O2/c12-8-3-7(4-9(13)11(17)18)1-2-10(8)16-6-14-5-15-16/h1-3,5-6,9H,4,13H2,(H,17,18). The molecule has 0 saturated carbocycles. The molecule has 1 heterocycles. The predicted octanol–water partition coefficient (Wildman–Crippen LogP) is 0.361. The van der Waals surface area contributed by atoms with Crippen LogP contribution in [0.5, 0.6) is 0 Å². The Bertz CT molecular complexity index is 556. The summed E-state index contributed by atoms with van der Waals surface area (Å²) in [6, 6.07) is 3.33. The minimum Gasteiger partial charge on any atom is -0.480 e. The van der Waals surface area contributed by atoms with Gasteiger partial charge >= 0.3 is 5.97 Å². The van der Waals surface area contributed by atoms with Gasteiger partial charge in [-0.25, -0.2) is 14.1 Å². The van der Waals surface area contributed by atoms with Gasteiger partial charge in [-0.1, -0.05) is 6.07 Å². The second-order valence-corrected chi connectivity index (χ2v) is 3.77. The molecule has 0 bridgehead atoms. The summed E-state index contributed by atoms with van der Waals surface area (Å²) in [5.41, 5.74) is 6.15. The number of hydrogen-bond donors (Lipinski definition) is 2. The van der Waals surface area contributed by atoms with Gasteiger partial charge in [0.15, 0.2) is 0 Å². The molecule has 0 amide bonds. The van der Waals surface area contributed by atoms with E-state index in [9.17, 15) is 9.18 Å². The number of carboxylic acids is 1. The van der Waals surface area contributed by atoms with Crippen LogP contribution in [-0.2, 0) is 11.2 Å². The highest BCUT2D eigenvalue weighted by molar-refractivity contribution is 5.73. The second-order valence-electron chi connectivity index (χ2n) is 3.77. The highest BCUT2D eigenvalue weighted by Gasteiger charge is 2.14. The number of nitrogens with zero attached hydrogens (tertiary/aromatic N) is 3. The smallest absolute Gasteiger partial charge is 0.320 e. The monoisotopic (exact) mass is 250 g/mol. The maximum atomic E-state index is 13.8. The topological polar surface area (TPSA) is 94.0 Å². The molecular weight excluding hydrogens is 239 g/mol. The molecular formula is C11H11FN4O2. The summed E-state index contributed by atoms with van der Waals surface area (Å²) in [6.45, 7) is 0. The molecule has 18 heavy (non-hydrogen) atoms. The SMILES string of the molecule is NC(Cc1ccc(-n2cncn2)c(F)c1)C(=O)O. The normalized spacial score (nSPS) is 12.3. The van der Waals surface area contributed by atoms with E-state index in [4.69, 9.17) is 10.8 Å². The number of rotatable bonds is 4. The van der Waals surface area contributed by atoms with Gasteiger partial charge in [0.2, 0.25) is 0 Å². The second kappa shape index (κ2) is 4.92. The first kappa shape index (κ1) is 12.2. The minimum atomic E-state index is -1.12. The molecule has 0 aliphatic carbocycles. The number of halogens is 1. The van der Waals surface area contributed by atoms with Gasteiger partial charge in [0.25, 0.3) is 0 Å². The number of aliphatic carboxylic acids is 1. The zero-order valence-electron chi connectivity index (χ0n) is 9.32. The molecule has 94 valence electrons. The van der Waals surface area contributed by atoms with E-state index in [1.54, 1.807) is 6.07 Å². The molecule has 0 aliphatic heterocycles. The summed E-state index contributed by atoms with van der Waals surface area (Å²) in [5, 5.41) is 12.5. The Morgan fingerprint density at radius 1 is 1.56 bits per heavy atom. The van der Waals surface area contributed by atoms with Crippen LogP contribution < -0.4 is 5.73 Å². The van der Waals surface area contributed by atoms with Crippen molar-refractivity contribution in [2.24, 2.45) is 5.73 Å². The fourth-order valence-corrected chi connectivity index (χ4v) is 1.54. The van der Waals surface area contributed by atoms with Gasteiger partial charge in [0.1, 0.15) is 30.2 Å². The molecule has 1 aromatic carbocycles. The number of benzene rings is 1. The highest BCUT2D eigenvalue weighted by atomic mass is 19.1. The van der Waals surface area contributed by atoms with Crippen molar-refractivity contribution in [1.82, 2.24) is 14.8 Å². The number of carbonyl (C=O) groups is 1. The van der Waals surface area contributed by atoms with Crippen molar-refractivity contribution >= 4 is 5.97 Å². The van der Waals surface area contributed by atoms with E-state index >= 15 is 0 Å². The molecule has 6 nitrogen and oxygen atoms in total. The molecule has 1 unspecified atom stereocenters. The Hall–Kier alpha value is -2.28. The molecule has 0 aliphatic rings. The maximum absolute atomic E-state index is 13.8. The van der Waals surface area contributed by atoms with E-state index in [0.29, 0.717) is 5.56 Å². The molecule has 1 atom stereocenters. The Morgan fingerprint density at radius 3 is 2.89 bits per heavy atom. The van der Waals surface area contributed by atoms with Crippen LogP contribution in [0.25, 0.3) is 5.69 Å². The number of hydrogen-bond acceptors (Lipinski definition) is 4. The van der Waals surface area contributed by atoms with Crippen LogP contribution in [0.2, 0.25) is 0 Å². The zero-order valence-corrected chi connectivity index (χ0v) is 9.32. The van der Waals surface area contributed by atoms with Gasteiger partial charge in [0, 0.05) is 0 Å². The van der Waals surface area contributed by atoms with Crippen LogP contribution in [0.4, 0.5) is 4.39 Å². The van der Waals surface area contributed by atoms with Crippen molar-refractivity contribution in [1.29, 1.82) is 0 Å². The summed E-state index contributed by atoms with van der Waals surface area (Å²) < 4.78 is 15.1. The van der Waals surface area contributed by atoms with Crippen LogP contribution in [0, 0.1) is 5.82 Å². The average Bonchev–Trinajstić information content (AvgIpc) is 2.82. The summed E-state index contributed by atoms with van der Waals surface area (Å²) in [6.07, 6.45) is 2.75. The van der Waals surface area contributed by atoms with Crippen LogP contribution in [-0.4, -0.2) is 31.9 Å². The van der Waals surface area contributed by atoms with Crippen molar-refractivity contribution < 1.29 is 14.3 Å². The quantitative estimate of drug-likeness (QED) is 0.817. The molecule has 0 radical (unpaired) electrons. The zero-order chi connectivity index (χ0) is 13.1. The van der Waals surface area contributed by atoms with Crippen LogP contribution >= 0.6 is 0 Å². The predicted molar refractivity (Wildman–Crippen MR) is 60.6 cm³/mol. The molecule has 1 aromatic heterocycles. The van der Waals surface area contributed by atoms with Crippen LogP contribution in [0.15, 0.2) is 30.9 Å². The summed E-state index contributed by atoms with van der Waals surface area (Å²) in [4.78, 5) is 14.3. The lowest BCUT2D eigenvalue weighted by Crippen LogP contribution is -2.32. The molecule has 0 fully saturated rings. The third-order valence-electron chi connectivity index (χ3n) is 2.45. The highest BCUT2D eigenvalue weighted by Crippen LogP contribution is 2.14. The lowest BCUT2D eigenvalue weighted by Gasteiger charge is -2.08. The first-order chi connectivity index (χ1) is 8.58. The van der Waals surface area contributed by atoms with Crippen LogP contribution in [0.3, 0.4) is 0 Å². The first-order valence-corrected chi connectivity index (χ1v) is 5.19. The Kier molecular flexibility index (Phi) is 3.33. The molecule has 2 rings (SSSR count). The minimum absolute atomic E-state index is 0.0733. The maximum Gasteiger partial charge on any atom is 0.320 e. The average molecular weight is 250 g/mol. The van der Waals surface area contributed by atoms with Gasteiger partial charge in [-0.3, -0.25) is 4.79 Å². The molecule has 3 N–H and O–H groups in total. The van der Waals surface area contributed by atoms with Crippen molar-refractivity contribution in [2.75, 3.05) is 0 Å². The summed E-state index contributed by atoms with van der Waals surface area (Å²) in [7, 11) is 0. The van der Waals surface area contributed by atoms with Gasteiger partial charge in [0.05, 0.1) is 0 Å². The molecule has 7 heteroatoms. The Morgan fingerprint density at radius 2 is 2.33 bits per heavy atom. The lowest BCUT2D eigenvalue weighted by atomic mass is 10.1. The van der Waals surface area contributed by atoms with Gasteiger partial charge in [-0.05, 0) is 24.1 Å². The summed E-state index contributed by atoms with van der Waals surface area (Å²) >= 11 is 0. The van der Waals surface area contributed by atoms with E-state index in [0.717, 1.165) is 0 Å². The third-order valence-corrected chi connectivity index (χ3v) is 2.45. The van der Waals surface area contributed by atoms with Gasteiger partial charge < -0.3 is 10.8 Å². The van der Waals surface area contributed by atoms with E-state index < -0.39 is 17.8 Å². The lowest BCUT2D eigenvalue weighted by molar-refractivity contribution is -0.138. The van der Waals surface area contributed by atoms with E-state index in [-0.39, 0.29) is 12.1 Å². The van der Waals surface area contributed by atoms with E-state index in [1.165, 1.54) is 29.5 Å². The number of nitrogens with two attached hydrogens (primary N) is 1. The van der Waals surface area contributed by atoms with Gasteiger partial charge in [-0.2, -0.15) is 5.10 Å². The Labute approximate surface area is 102 Å². The number of carboxylic acid groups (broad SMARTS) is 1. The van der Waals surface area contributed by atoms with E-state index in [2.05, 4.69) is 10.1 Å². The van der Waals surface area contributed by atoms with E-state index in [1.807, 2.05) is 0 Å². The third kappa shape index (κ3) is 2.51. The fourth-order valence-electron chi connectivity index (χ4n) is 1.54. The van der Waals surface area contributed by atoms with Crippen LogP contribution in [0.1, 0.15) is 5.56 Å². The van der Waals surface area contributed by atoms with Crippen molar-refractivity contribution in [3.8, 4) is 5.69 Å². The van der Waals surface area contributed by atoms with Gasteiger partial charge in [-0.15, -0.1) is 0 Å². The number of aromatic nitrogens is 3. The Balaban J connectivity index is 2.23. The first-order valence-electron chi connectivity index (χ1n) is 5.19. The molecule has 0 saturated heterocycles. The fraction of sp³-hybridized carbons (Fsp3) is 0.182. The van der Waals surface area contributed by atoms with Crippen molar-refractivity contribution in [3.05, 3.63) is 42.2 Å². The molecule has 2 aromatic rings. The van der Waals surface area contributed by atoms with Crippen molar-refractivity contribution in [2.45, 2.75) is 12.5 Å². The molecule has 0 spiro atoms.